The van der Waals surface area contributed by atoms with E-state index in [4.69, 9.17) is 0 Å². The van der Waals surface area contributed by atoms with Crippen LogP contribution in [0, 0.1) is 0 Å². The topological polar surface area (TPSA) is 29.1 Å². The Balaban J connectivity index is 2.00. The normalized spacial score (nSPS) is 16.4. The van der Waals surface area contributed by atoms with E-state index >= 15 is 0 Å². The van der Waals surface area contributed by atoms with Crippen molar-refractivity contribution < 1.29 is 4.79 Å². The maximum atomic E-state index is 11.5. The monoisotopic (exact) mass is 215 g/mol. The Hall–Kier alpha value is -1.57. The molecule has 2 heteroatoms. The number of hydrogen-bond acceptors (Lipinski definition) is 2. The third-order valence-electron chi connectivity index (χ3n) is 3.05. The molecule has 0 aliphatic heterocycles. The highest BCUT2D eigenvalue weighted by Crippen LogP contribution is 2.19. The van der Waals surface area contributed by atoms with Gasteiger partial charge in [0.15, 0.2) is 5.78 Å². The van der Waals surface area contributed by atoms with Gasteiger partial charge in [0.2, 0.25) is 0 Å². The van der Waals surface area contributed by atoms with E-state index in [0.29, 0.717) is 12.2 Å². The van der Waals surface area contributed by atoms with Gasteiger partial charge in [0.1, 0.15) is 0 Å². The van der Waals surface area contributed by atoms with E-state index in [1.165, 1.54) is 5.56 Å². The Labute approximate surface area is 96.4 Å². The quantitative estimate of drug-likeness (QED) is 0.840. The lowest BCUT2D eigenvalue weighted by Crippen LogP contribution is -2.20. The number of Topliss-reactive ketones (excluding diaryl/α,β-unsaturated/α-hetero) is 1. The number of hydrogen-bond donors (Lipinski definition) is 1. The lowest BCUT2D eigenvalue weighted by Gasteiger charge is -2.18. The second-order valence-corrected chi connectivity index (χ2v) is 4.22. The molecule has 84 valence electrons. The third-order valence-corrected chi connectivity index (χ3v) is 3.05. The van der Waals surface area contributed by atoms with Gasteiger partial charge >= 0.3 is 0 Å². The molecule has 0 heterocycles. The number of ketones is 1. The van der Waals surface area contributed by atoms with Gasteiger partial charge in [-0.15, -0.1) is 0 Å². The van der Waals surface area contributed by atoms with Crippen LogP contribution in [0.1, 0.15) is 31.7 Å². The van der Waals surface area contributed by atoms with Gasteiger partial charge in [0.25, 0.3) is 0 Å². The first kappa shape index (κ1) is 10.9. The molecule has 2 nitrogen and oxygen atoms in total. The molecule has 16 heavy (non-hydrogen) atoms. The lowest BCUT2D eigenvalue weighted by molar-refractivity contribution is -0.116. The average Bonchev–Trinajstić information content (AvgIpc) is 2.32. The predicted molar refractivity (Wildman–Crippen MR) is 64.8 cm³/mol. The molecule has 0 atom stereocenters. The van der Waals surface area contributed by atoms with Crippen LogP contribution < -0.4 is 5.32 Å². The molecule has 0 spiro atoms. The van der Waals surface area contributed by atoms with Crippen LogP contribution in [0.2, 0.25) is 0 Å². The summed E-state index contributed by atoms with van der Waals surface area (Å²) in [6.07, 6.45) is 2.69. The summed E-state index contributed by atoms with van der Waals surface area (Å²) in [6, 6.07) is 10.3. The lowest BCUT2D eigenvalue weighted by atomic mass is 9.96. The highest BCUT2D eigenvalue weighted by Gasteiger charge is 2.15. The molecule has 1 aliphatic carbocycles. The van der Waals surface area contributed by atoms with Crippen LogP contribution >= 0.6 is 0 Å². The van der Waals surface area contributed by atoms with Gasteiger partial charge in [0, 0.05) is 24.2 Å². The summed E-state index contributed by atoms with van der Waals surface area (Å²) in [5.41, 5.74) is 3.29. The molecule has 0 aromatic heterocycles. The first-order valence-electron chi connectivity index (χ1n) is 5.78. The summed E-state index contributed by atoms with van der Waals surface area (Å²) in [6.45, 7) is 2.73. The number of carbonyl (C=O) groups is 1. The van der Waals surface area contributed by atoms with Crippen molar-refractivity contribution in [1.82, 2.24) is 5.32 Å². The standard InChI is InChI=1S/C14H17NO/c1-11-13(8-5-9-14(11)16)15-10-12-6-3-2-4-7-12/h2-4,6-7,15H,5,8-10H2,1H3. The van der Waals surface area contributed by atoms with Crippen molar-refractivity contribution in [2.75, 3.05) is 0 Å². The zero-order valence-corrected chi connectivity index (χ0v) is 9.62. The summed E-state index contributed by atoms with van der Waals surface area (Å²) in [5.74, 6) is 0.293. The predicted octanol–water partition coefficient (Wildman–Crippen LogP) is 2.80. The third kappa shape index (κ3) is 2.51. The Kier molecular flexibility index (Phi) is 3.40. The van der Waals surface area contributed by atoms with Crippen molar-refractivity contribution in [3.05, 3.63) is 47.2 Å². The van der Waals surface area contributed by atoms with Crippen molar-refractivity contribution in [2.24, 2.45) is 0 Å². The molecule has 0 radical (unpaired) electrons. The van der Waals surface area contributed by atoms with Gasteiger partial charge in [-0.3, -0.25) is 4.79 Å². The van der Waals surface area contributed by atoms with E-state index in [1.807, 2.05) is 25.1 Å². The van der Waals surface area contributed by atoms with Crippen molar-refractivity contribution >= 4 is 5.78 Å². The fourth-order valence-corrected chi connectivity index (χ4v) is 1.99. The molecule has 0 saturated carbocycles. The largest absolute Gasteiger partial charge is 0.384 e. The van der Waals surface area contributed by atoms with Crippen molar-refractivity contribution in [3.8, 4) is 0 Å². The Morgan fingerprint density at radius 3 is 2.69 bits per heavy atom. The fourth-order valence-electron chi connectivity index (χ4n) is 1.99. The van der Waals surface area contributed by atoms with Crippen LogP contribution in [0.4, 0.5) is 0 Å². The van der Waals surface area contributed by atoms with Crippen molar-refractivity contribution in [1.29, 1.82) is 0 Å². The summed E-state index contributed by atoms with van der Waals surface area (Å²) in [4.78, 5) is 11.5. The maximum absolute atomic E-state index is 11.5. The van der Waals surface area contributed by atoms with Gasteiger partial charge < -0.3 is 5.32 Å². The molecule has 0 amide bonds. The van der Waals surface area contributed by atoms with Gasteiger partial charge in [-0.25, -0.2) is 0 Å². The molecule has 0 bridgehead atoms. The Morgan fingerprint density at radius 1 is 1.19 bits per heavy atom. The number of carbonyl (C=O) groups excluding carboxylic acids is 1. The second kappa shape index (κ2) is 4.97. The first-order chi connectivity index (χ1) is 7.77. The molecule has 0 fully saturated rings. The van der Waals surface area contributed by atoms with E-state index in [-0.39, 0.29) is 0 Å². The molecule has 2 rings (SSSR count). The summed E-state index contributed by atoms with van der Waals surface area (Å²) >= 11 is 0. The van der Waals surface area contributed by atoms with Gasteiger partial charge in [0.05, 0.1) is 0 Å². The minimum atomic E-state index is 0.293. The first-order valence-corrected chi connectivity index (χ1v) is 5.78. The molecule has 1 aromatic rings. The minimum absolute atomic E-state index is 0.293. The Morgan fingerprint density at radius 2 is 1.94 bits per heavy atom. The molecule has 0 saturated heterocycles. The van der Waals surface area contributed by atoms with Crippen LogP contribution in [0.5, 0.6) is 0 Å². The van der Waals surface area contributed by atoms with Crippen LogP contribution in [0.15, 0.2) is 41.6 Å². The van der Waals surface area contributed by atoms with E-state index in [2.05, 4.69) is 17.4 Å². The van der Waals surface area contributed by atoms with E-state index < -0.39 is 0 Å². The van der Waals surface area contributed by atoms with Crippen molar-refractivity contribution in [3.63, 3.8) is 0 Å². The van der Waals surface area contributed by atoms with E-state index in [0.717, 1.165) is 30.7 Å². The smallest absolute Gasteiger partial charge is 0.160 e. The molecular weight excluding hydrogens is 198 g/mol. The highest BCUT2D eigenvalue weighted by molar-refractivity contribution is 5.96. The average molecular weight is 215 g/mol. The Bertz CT molecular complexity index is 406. The van der Waals surface area contributed by atoms with E-state index in [1.54, 1.807) is 0 Å². The minimum Gasteiger partial charge on any atom is -0.384 e. The summed E-state index contributed by atoms with van der Waals surface area (Å²) in [7, 11) is 0. The zero-order chi connectivity index (χ0) is 11.4. The van der Waals surface area contributed by atoms with Crippen molar-refractivity contribution in [2.45, 2.75) is 32.7 Å². The molecule has 1 aromatic carbocycles. The molecular formula is C14H17NO. The number of rotatable bonds is 3. The number of benzene rings is 1. The highest BCUT2D eigenvalue weighted by atomic mass is 16.1. The molecule has 0 unspecified atom stereocenters. The maximum Gasteiger partial charge on any atom is 0.160 e. The van der Waals surface area contributed by atoms with Gasteiger partial charge in [-0.2, -0.15) is 0 Å². The van der Waals surface area contributed by atoms with Crippen LogP contribution in [0.25, 0.3) is 0 Å². The fraction of sp³-hybridized carbons (Fsp3) is 0.357. The van der Waals surface area contributed by atoms with E-state index in [9.17, 15) is 4.79 Å². The number of allylic oxidation sites excluding steroid dienone is 2. The summed E-state index contributed by atoms with van der Waals surface area (Å²) in [5, 5.41) is 3.38. The zero-order valence-electron chi connectivity index (χ0n) is 9.62. The van der Waals surface area contributed by atoms with Gasteiger partial charge in [-0.1, -0.05) is 30.3 Å². The van der Waals surface area contributed by atoms with Crippen LogP contribution in [0.3, 0.4) is 0 Å². The summed E-state index contributed by atoms with van der Waals surface area (Å²) < 4.78 is 0. The SMILES string of the molecule is CC1=C(NCc2ccccc2)CCCC1=O. The second-order valence-electron chi connectivity index (χ2n) is 4.22. The number of nitrogens with one attached hydrogen (secondary N) is 1. The van der Waals surface area contributed by atoms with Crippen LogP contribution in [-0.4, -0.2) is 5.78 Å². The van der Waals surface area contributed by atoms with Crippen LogP contribution in [-0.2, 0) is 11.3 Å². The molecule has 1 aliphatic rings. The molecule has 1 N–H and O–H groups in total. The van der Waals surface area contributed by atoms with Gasteiger partial charge in [-0.05, 0) is 25.3 Å².